The maximum absolute atomic E-state index is 12.3. The van der Waals surface area contributed by atoms with Gasteiger partial charge in [-0.3, -0.25) is 9.69 Å². The van der Waals surface area contributed by atoms with E-state index in [9.17, 15) is 4.79 Å². The van der Waals surface area contributed by atoms with E-state index in [1.165, 1.54) is 5.56 Å². The number of fused-ring (bicyclic) bond motifs is 1. The Morgan fingerprint density at radius 2 is 1.85 bits per heavy atom. The number of aryl methyl sites for hydroxylation is 2. The SMILES string of the molecule is Cc1ccc(C)c2[nH]c(=O)c(CN3CCNCC3)cc12. The Bertz CT molecular complexity index is 684. The van der Waals surface area contributed by atoms with Crippen molar-refractivity contribution in [1.82, 2.24) is 15.2 Å². The quantitative estimate of drug-likeness (QED) is 0.871. The lowest BCUT2D eigenvalue weighted by Crippen LogP contribution is -2.43. The molecule has 0 radical (unpaired) electrons. The Kier molecular flexibility index (Phi) is 3.59. The normalized spacial score (nSPS) is 16.7. The zero-order valence-electron chi connectivity index (χ0n) is 12.1. The number of hydrogen-bond donors (Lipinski definition) is 2. The average Bonchev–Trinajstić information content (AvgIpc) is 2.46. The Morgan fingerprint density at radius 1 is 1.15 bits per heavy atom. The highest BCUT2D eigenvalue weighted by molar-refractivity contribution is 5.85. The van der Waals surface area contributed by atoms with Gasteiger partial charge in [-0.2, -0.15) is 0 Å². The number of H-pyrrole nitrogens is 1. The van der Waals surface area contributed by atoms with Crippen LogP contribution in [-0.4, -0.2) is 36.1 Å². The van der Waals surface area contributed by atoms with Crippen LogP contribution >= 0.6 is 0 Å². The molecule has 3 rings (SSSR count). The van der Waals surface area contributed by atoms with Gasteiger partial charge in [-0.25, -0.2) is 0 Å². The monoisotopic (exact) mass is 271 g/mol. The molecule has 0 saturated carbocycles. The van der Waals surface area contributed by atoms with Crippen molar-refractivity contribution in [2.45, 2.75) is 20.4 Å². The fraction of sp³-hybridized carbons (Fsp3) is 0.438. The Labute approximate surface area is 118 Å². The van der Waals surface area contributed by atoms with E-state index in [2.05, 4.69) is 40.3 Å². The summed E-state index contributed by atoms with van der Waals surface area (Å²) in [6.07, 6.45) is 0. The van der Waals surface area contributed by atoms with Crippen molar-refractivity contribution < 1.29 is 0 Å². The lowest BCUT2D eigenvalue weighted by molar-refractivity contribution is 0.232. The van der Waals surface area contributed by atoms with Gasteiger partial charge in [-0.15, -0.1) is 0 Å². The van der Waals surface area contributed by atoms with Gasteiger partial charge >= 0.3 is 0 Å². The average molecular weight is 271 g/mol. The van der Waals surface area contributed by atoms with Crippen LogP contribution in [0.4, 0.5) is 0 Å². The summed E-state index contributed by atoms with van der Waals surface area (Å²) in [6.45, 7) is 8.88. The third kappa shape index (κ3) is 2.49. The van der Waals surface area contributed by atoms with Crippen LogP contribution in [0.15, 0.2) is 23.0 Å². The number of piperazine rings is 1. The van der Waals surface area contributed by atoms with E-state index in [4.69, 9.17) is 0 Å². The molecule has 2 N–H and O–H groups in total. The molecule has 0 unspecified atom stereocenters. The molecule has 1 aromatic carbocycles. The number of pyridine rings is 1. The van der Waals surface area contributed by atoms with E-state index in [0.717, 1.165) is 54.8 Å². The first-order valence-corrected chi connectivity index (χ1v) is 7.20. The highest BCUT2D eigenvalue weighted by atomic mass is 16.1. The smallest absolute Gasteiger partial charge is 0.252 e. The van der Waals surface area contributed by atoms with Crippen LogP contribution in [0.1, 0.15) is 16.7 Å². The van der Waals surface area contributed by atoms with Gasteiger partial charge in [0.1, 0.15) is 0 Å². The summed E-state index contributed by atoms with van der Waals surface area (Å²) in [6, 6.07) is 6.24. The van der Waals surface area contributed by atoms with E-state index < -0.39 is 0 Å². The second kappa shape index (κ2) is 5.38. The summed E-state index contributed by atoms with van der Waals surface area (Å²) < 4.78 is 0. The van der Waals surface area contributed by atoms with E-state index in [1.807, 2.05) is 6.92 Å². The first-order chi connectivity index (χ1) is 9.65. The predicted molar refractivity (Wildman–Crippen MR) is 82.2 cm³/mol. The predicted octanol–water partition coefficient (Wildman–Crippen LogP) is 1.55. The van der Waals surface area contributed by atoms with Gasteiger partial charge < -0.3 is 10.3 Å². The second-order valence-electron chi connectivity index (χ2n) is 5.64. The zero-order valence-corrected chi connectivity index (χ0v) is 12.1. The number of aromatic nitrogens is 1. The molecule has 0 spiro atoms. The van der Waals surface area contributed by atoms with Crippen molar-refractivity contribution in [3.05, 3.63) is 45.2 Å². The van der Waals surface area contributed by atoms with E-state index in [-0.39, 0.29) is 5.56 Å². The summed E-state index contributed by atoms with van der Waals surface area (Å²) in [7, 11) is 0. The first-order valence-electron chi connectivity index (χ1n) is 7.20. The van der Waals surface area contributed by atoms with E-state index in [1.54, 1.807) is 0 Å². The first kappa shape index (κ1) is 13.3. The number of hydrogen-bond acceptors (Lipinski definition) is 3. The van der Waals surface area contributed by atoms with Gasteiger partial charge in [-0.1, -0.05) is 12.1 Å². The van der Waals surface area contributed by atoms with Crippen LogP contribution in [0.5, 0.6) is 0 Å². The molecule has 0 bridgehead atoms. The number of aromatic amines is 1. The fourth-order valence-corrected chi connectivity index (χ4v) is 2.85. The van der Waals surface area contributed by atoms with Crippen LogP contribution in [0.25, 0.3) is 10.9 Å². The highest BCUT2D eigenvalue weighted by Crippen LogP contribution is 2.20. The van der Waals surface area contributed by atoms with Gasteiger partial charge in [-0.05, 0) is 31.0 Å². The lowest BCUT2D eigenvalue weighted by atomic mass is 10.0. The molecule has 0 atom stereocenters. The number of nitrogens with zero attached hydrogens (tertiary/aromatic N) is 1. The number of benzene rings is 1. The third-order valence-electron chi connectivity index (χ3n) is 4.12. The van der Waals surface area contributed by atoms with E-state index >= 15 is 0 Å². The van der Waals surface area contributed by atoms with Gasteiger partial charge in [0.25, 0.3) is 5.56 Å². The van der Waals surface area contributed by atoms with Crippen LogP contribution < -0.4 is 10.9 Å². The summed E-state index contributed by atoms with van der Waals surface area (Å²) >= 11 is 0. The molecule has 0 aliphatic carbocycles. The summed E-state index contributed by atoms with van der Waals surface area (Å²) in [5.74, 6) is 0. The van der Waals surface area contributed by atoms with Crippen LogP contribution in [-0.2, 0) is 6.54 Å². The fourth-order valence-electron chi connectivity index (χ4n) is 2.85. The number of rotatable bonds is 2. The largest absolute Gasteiger partial charge is 0.321 e. The van der Waals surface area contributed by atoms with Crippen LogP contribution in [0, 0.1) is 13.8 Å². The molecule has 1 aromatic heterocycles. The topological polar surface area (TPSA) is 48.1 Å². The summed E-state index contributed by atoms with van der Waals surface area (Å²) in [4.78, 5) is 17.7. The molecule has 1 aliphatic heterocycles. The second-order valence-corrected chi connectivity index (χ2v) is 5.64. The maximum Gasteiger partial charge on any atom is 0.252 e. The Balaban J connectivity index is 2.01. The minimum Gasteiger partial charge on any atom is -0.321 e. The minimum absolute atomic E-state index is 0.0460. The van der Waals surface area contributed by atoms with Gasteiger partial charge in [0.2, 0.25) is 0 Å². The van der Waals surface area contributed by atoms with Gasteiger partial charge in [0.15, 0.2) is 0 Å². The third-order valence-corrected chi connectivity index (χ3v) is 4.12. The van der Waals surface area contributed by atoms with Crippen molar-refractivity contribution in [3.8, 4) is 0 Å². The molecule has 2 heterocycles. The maximum atomic E-state index is 12.3. The molecule has 4 heteroatoms. The van der Waals surface area contributed by atoms with Crippen LogP contribution in [0.3, 0.4) is 0 Å². The van der Waals surface area contributed by atoms with E-state index in [0.29, 0.717) is 0 Å². The Morgan fingerprint density at radius 3 is 2.60 bits per heavy atom. The van der Waals surface area contributed by atoms with Crippen molar-refractivity contribution in [3.63, 3.8) is 0 Å². The molecular weight excluding hydrogens is 250 g/mol. The molecule has 106 valence electrons. The van der Waals surface area contributed by atoms with Crippen molar-refractivity contribution in [2.75, 3.05) is 26.2 Å². The molecule has 2 aromatic rings. The molecule has 1 aliphatic rings. The number of nitrogens with one attached hydrogen (secondary N) is 2. The van der Waals surface area contributed by atoms with Gasteiger partial charge in [0.05, 0.1) is 5.52 Å². The standard InChI is InChI=1S/C16H21N3O/c1-11-3-4-12(2)15-14(11)9-13(16(20)18-15)10-19-7-5-17-6-8-19/h3-4,9,17H,5-8,10H2,1-2H3,(H,18,20). The summed E-state index contributed by atoms with van der Waals surface area (Å²) in [5.41, 5.74) is 4.22. The van der Waals surface area contributed by atoms with Crippen molar-refractivity contribution >= 4 is 10.9 Å². The molecule has 0 amide bonds. The lowest BCUT2D eigenvalue weighted by Gasteiger charge is -2.27. The minimum atomic E-state index is 0.0460. The van der Waals surface area contributed by atoms with Crippen molar-refractivity contribution in [2.24, 2.45) is 0 Å². The van der Waals surface area contributed by atoms with Crippen molar-refractivity contribution in [1.29, 1.82) is 0 Å². The molecule has 20 heavy (non-hydrogen) atoms. The molecular formula is C16H21N3O. The van der Waals surface area contributed by atoms with Crippen LogP contribution in [0.2, 0.25) is 0 Å². The van der Waals surface area contributed by atoms with Gasteiger partial charge in [0, 0.05) is 43.7 Å². The highest BCUT2D eigenvalue weighted by Gasteiger charge is 2.13. The Hall–Kier alpha value is -1.65. The summed E-state index contributed by atoms with van der Waals surface area (Å²) in [5, 5.41) is 4.50. The molecule has 1 saturated heterocycles. The zero-order chi connectivity index (χ0) is 14.1. The molecule has 4 nitrogen and oxygen atoms in total. The molecule has 1 fully saturated rings.